The minimum absolute atomic E-state index is 0.0908. The van der Waals surface area contributed by atoms with Gasteiger partial charge in [0.15, 0.2) is 17.5 Å². The molecular formula is C23H17F3. The molecule has 0 atom stereocenters. The Hall–Kier alpha value is -2.81. The van der Waals surface area contributed by atoms with E-state index < -0.39 is 17.5 Å². The molecule has 0 N–H and O–H groups in total. The Morgan fingerprint density at radius 2 is 1.35 bits per heavy atom. The second kappa shape index (κ2) is 6.49. The third kappa shape index (κ3) is 2.74. The van der Waals surface area contributed by atoms with Crippen LogP contribution in [0.1, 0.15) is 18.9 Å². The van der Waals surface area contributed by atoms with Crippen molar-refractivity contribution in [3.05, 3.63) is 83.7 Å². The molecule has 0 amide bonds. The lowest BCUT2D eigenvalue weighted by atomic mass is 9.96. The Morgan fingerprint density at radius 3 is 2.08 bits per heavy atom. The average Bonchev–Trinajstić information content (AvgIpc) is 2.66. The van der Waals surface area contributed by atoms with Crippen molar-refractivity contribution in [1.29, 1.82) is 0 Å². The van der Waals surface area contributed by atoms with E-state index in [9.17, 15) is 13.2 Å². The van der Waals surface area contributed by atoms with Crippen molar-refractivity contribution in [3.63, 3.8) is 0 Å². The molecule has 0 saturated carbocycles. The first-order chi connectivity index (χ1) is 12.6. The Labute approximate surface area is 149 Å². The van der Waals surface area contributed by atoms with E-state index >= 15 is 0 Å². The lowest BCUT2D eigenvalue weighted by molar-refractivity contribution is 0.453. The van der Waals surface area contributed by atoms with Crippen molar-refractivity contribution < 1.29 is 13.2 Å². The van der Waals surface area contributed by atoms with E-state index in [-0.39, 0.29) is 5.39 Å². The van der Waals surface area contributed by atoms with Gasteiger partial charge in [-0.2, -0.15) is 0 Å². The van der Waals surface area contributed by atoms with Crippen LogP contribution < -0.4 is 0 Å². The largest absolute Gasteiger partial charge is 0.204 e. The second-order valence-corrected chi connectivity index (χ2v) is 6.53. The smallest absolute Gasteiger partial charge is 0.195 e. The number of benzene rings is 4. The van der Waals surface area contributed by atoms with Crippen molar-refractivity contribution in [2.75, 3.05) is 0 Å². The van der Waals surface area contributed by atoms with Crippen LogP contribution in [0.5, 0.6) is 0 Å². The zero-order valence-corrected chi connectivity index (χ0v) is 14.3. The third-order valence-corrected chi connectivity index (χ3v) is 4.80. The Balaban J connectivity index is 1.85. The van der Waals surface area contributed by atoms with E-state index in [0.29, 0.717) is 10.8 Å². The summed E-state index contributed by atoms with van der Waals surface area (Å²) < 4.78 is 41.2. The summed E-state index contributed by atoms with van der Waals surface area (Å²) in [7, 11) is 0. The highest BCUT2D eigenvalue weighted by Gasteiger charge is 2.15. The van der Waals surface area contributed by atoms with Gasteiger partial charge < -0.3 is 0 Å². The molecule has 0 spiro atoms. The molecular weight excluding hydrogens is 333 g/mol. The van der Waals surface area contributed by atoms with Gasteiger partial charge in [-0.3, -0.25) is 0 Å². The van der Waals surface area contributed by atoms with Gasteiger partial charge in [-0.05, 0) is 51.4 Å². The third-order valence-electron chi connectivity index (χ3n) is 4.80. The summed E-state index contributed by atoms with van der Waals surface area (Å²) in [5.74, 6) is -3.74. The SMILES string of the molecule is CCCc1ccc(-c2ccc3c(ccc4c(F)c(F)c(F)cc43)c2)cc1. The van der Waals surface area contributed by atoms with E-state index in [1.54, 1.807) is 6.07 Å². The minimum atomic E-state index is -1.43. The lowest BCUT2D eigenvalue weighted by Gasteiger charge is -2.09. The summed E-state index contributed by atoms with van der Waals surface area (Å²) in [6.45, 7) is 2.15. The van der Waals surface area contributed by atoms with Crippen molar-refractivity contribution in [1.82, 2.24) is 0 Å². The first-order valence-corrected chi connectivity index (χ1v) is 8.68. The summed E-state index contributed by atoms with van der Waals surface area (Å²) in [6, 6.07) is 18.5. The zero-order chi connectivity index (χ0) is 18.3. The molecule has 0 bridgehead atoms. The van der Waals surface area contributed by atoms with Crippen LogP contribution in [-0.4, -0.2) is 0 Å². The van der Waals surface area contributed by atoms with Crippen LogP contribution in [0.15, 0.2) is 60.7 Å². The molecule has 0 aliphatic rings. The summed E-state index contributed by atoms with van der Waals surface area (Å²) in [5, 5.41) is 2.03. The quantitative estimate of drug-likeness (QED) is 0.275. The van der Waals surface area contributed by atoms with E-state index in [1.165, 1.54) is 11.6 Å². The maximum atomic E-state index is 14.0. The molecule has 4 aromatic carbocycles. The Bertz CT molecular complexity index is 1110. The summed E-state index contributed by atoms with van der Waals surface area (Å²) in [4.78, 5) is 0. The molecule has 0 aliphatic carbocycles. The van der Waals surface area contributed by atoms with E-state index in [0.717, 1.165) is 35.4 Å². The van der Waals surface area contributed by atoms with Gasteiger partial charge in [0.25, 0.3) is 0 Å². The summed E-state index contributed by atoms with van der Waals surface area (Å²) in [5.41, 5.74) is 3.42. The summed E-state index contributed by atoms with van der Waals surface area (Å²) in [6.07, 6.45) is 2.16. The van der Waals surface area contributed by atoms with Crippen molar-refractivity contribution in [3.8, 4) is 11.1 Å². The van der Waals surface area contributed by atoms with Crippen molar-refractivity contribution in [2.45, 2.75) is 19.8 Å². The maximum absolute atomic E-state index is 14.0. The van der Waals surface area contributed by atoms with Gasteiger partial charge in [-0.15, -0.1) is 0 Å². The van der Waals surface area contributed by atoms with E-state index in [1.807, 2.05) is 18.2 Å². The maximum Gasteiger partial charge on any atom is 0.195 e. The van der Waals surface area contributed by atoms with Gasteiger partial charge in [-0.1, -0.05) is 61.9 Å². The molecule has 130 valence electrons. The highest BCUT2D eigenvalue weighted by Crippen LogP contribution is 2.32. The fourth-order valence-electron chi connectivity index (χ4n) is 3.45. The first-order valence-electron chi connectivity index (χ1n) is 8.68. The Morgan fingerprint density at radius 1 is 0.654 bits per heavy atom. The molecule has 0 nitrogen and oxygen atoms in total. The molecule has 26 heavy (non-hydrogen) atoms. The van der Waals surface area contributed by atoms with Gasteiger partial charge >= 0.3 is 0 Å². The number of aryl methyl sites for hydroxylation is 1. The molecule has 0 saturated heterocycles. The molecule has 0 aliphatic heterocycles. The normalized spacial score (nSPS) is 11.4. The topological polar surface area (TPSA) is 0 Å². The van der Waals surface area contributed by atoms with Crippen LogP contribution in [0.4, 0.5) is 13.2 Å². The van der Waals surface area contributed by atoms with Gasteiger partial charge in [0.2, 0.25) is 0 Å². The first kappa shape index (κ1) is 16.6. The van der Waals surface area contributed by atoms with Crippen LogP contribution in [0.3, 0.4) is 0 Å². The van der Waals surface area contributed by atoms with Gasteiger partial charge in [0.05, 0.1) is 0 Å². The molecule has 0 radical (unpaired) electrons. The van der Waals surface area contributed by atoms with Crippen LogP contribution in [0.25, 0.3) is 32.7 Å². The van der Waals surface area contributed by atoms with Gasteiger partial charge in [-0.25, -0.2) is 13.2 Å². The minimum Gasteiger partial charge on any atom is -0.204 e. The number of hydrogen-bond donors (Lipinski definition) is 0. The lowest BCUT2D eigenvalue weighted by Crippen LogP contribution is -1.93. The molecule has 0 unspecified atom stereocenters. The van der Waals surface area contributed by atoms with Crippen LogP contribution >= 0.6 is 0 Å². The second-order valence-electron chi connectivity index (χ2n) is 6.53. The molecule has 0 fully saturated rings. The average molecular weight is 350 g/mol. The van der Waals surface area contributed by atoms with E-state index in [2.05, 4.69) is 31.2 Å². The van der Waals surface area contributed by atoms with Gasteiger partial charge in [0.1, 0.15) is 0 Å². The molecule has 0 aromatic heterocycles. The monoisotopic (exact) mass is 350 g/mol. The number of rotatable bonds is 3. The standard InChI is InChI=1S/C23H17F3/c1-2-3-14-4-6-15(7-5-14)16-8-10-18-17(12-16)9-11-19-20(18)13-21(24)23(26)22(19)25/h4-13H,2-3H2,1H3. The zero-order valence-electron chi connectivity index (χ0n) is 14.3. The van der Waals surface area contributed by atoms with E-state index in [4.69, 9.17) is 0 Å². The van der Waals surface area contributed by atoms with Crippen molar-refractivity contribution >= 4 is 21.5 Å². The highest BCUT2D eigenvalue weighted by atomic mass is 19.2. The molecule has 4 aromatic rings. The van der Waals surface area contributed by atoms with Crippen molar-refractivity contribution in [2.24, 2.45) is 0 Å². The predicted octanol–water partition coefficient (Wildman–Crippen LogP) is 7.03. The highest BCUT2D eigenvalue weighted by molar-refractivity contribution is 6.08. The number of halogens is 3. The number of hydrogen-bond acceptors (Lipinski definition) is 0. The molecule has 4 rings (SSSR count). The van der Waals surface area contributed by atoms with Crippen LogP contribution in [0.2, 0.25) is 0 Å². The predicted molar refractivity (Wildman–Crippen MR) is 101 cm³/mol. The van der Waals surface area contributed by atoms with Crippen LogP contribution in [-0.2, 0) is 6.42 Å². The summed E-state index contributed by atoms with van der Waals surface area (Å²) >= 11 is 0. The molecule has 3 heteroatoms. The van der Waals surface area contributed by atoms with Crippen LogP contribution in [0, 0.1) is 17.5 Å². The fraction of sp³-hybridized carbons (Fsp3) is 0.130. The number of fused-ring (bicyclic) bond motifs is 3. The van der Waals surface area contributed by atoms with Gasteiger partial charge in [0, 0.05) is 5.39 Å². The Kier molecular flexibility index (Phi) is 4.15. The molecule has 0 heterocycles. The fourth-order valence-corrected chi connectivity index (χ4v) is 3.45.